The van der Waals surface area contributed by atoms with Gasteiger partial charge in [0.15, 0.2) is 11.6 Å². The summed E-state index contributed by atoms with van der Waals surface area (Å²) in [5.74, 6) is 1.25. The summed E-state index contributed by atoms with van der Waals surface area (Å²) in [6.07, 6.45) is 1.64. The summed E-state index contributed by atoms with van der Waals surface area (Å²) in [4.78, 5) is 17.5. The van der Waals surface area contributed by atoms with Gasteiger partial charge in [-0.15, -0.1) is 0 Å². The Morgan fingerprint density at radius 2 is 2.08 bits per heavy atom. The van der Waals surface area contributed by atoms with Gasteiger partial charge in [0, 0.05) is 23.8 Å². The summed E-state index contributed by atoms with van der Waals surface area (Å²) in [5, 5.41) is 6.21. The molecule has 2 N–H and O–H groups in total. The number of carbonyl (C=O) groups excluding carboxylic acids is 1. The zero-order valence-corrected chi connectivity index (χ0v) is 16.2. The molecule has 25 heavy (non-hydrogen) atoms. The van der Waals surface area contributed by atoms with Crippen LogP contribution in [-0.4, -0.2) is 31.1 Å². The lowest BCUT2D eigenvalue weighted by Crippen LogP contribution is -2.63. The van der Waals surface area contributed by atoms with Gasteiger partial charge in [-0.2, -0.15) is 0 Å². The van der Waals surface area contributed by atoms with E-state index in [2.05, 4.69) is 57.5 Å². The average molecular weight is 404 g/mol. The van der Waals surface area contributed by atoms with Crippen LogP contribution in [0, 0.1) is 0 Å². The number of methoxy groups -OCH3 is 1. The minimum Gasteiger partial charge on any atom is -0.493 e. The van der Waals surface area contributed by atoms with Gasteiger partial charge in [-0.05, 0) is 39.0 Å². The predicted molar refractivity (Wildman–Crippen MR) is 102 cm³/mol. The molecule has 5 nitrogen and oxygen atoms in total. The monoisotopic (exact) mass is 403 g/mol. The number of hydrogen-bond donors (Lipinski definition) is 2. The van der Waals surface area contributed by atoms with Crippen molar-refractivity contribution < 1.29 is 9.53 Å². The summed E-state index contributed by atoms with van der Waals surface area (Å²) in [7, 11) is 1.56. The van der Waals surface area contributed by atoms with Crippen molar-refractivity contribution in [2.24, 2.45) is 0 Å². The molecule has 6 heteroatoms. The zero-order valence-electron chi connectivity index (χ0n) is 14.6. The Morgan fingerprint density at radius 3 is 2.68 bits per heavy atom. The SMILES string of the molecule is COc1cc(Br)cnc1NC(=O)C1(c2ccccc2C(C)C)CNC1. The first kappa shape index (κ1) is 17.9. The number of anilines is 1. The van der Waals surface area contributed by atoms with Crippen molar-refractivity contribution >= 4 is 27.7 Å². The van der Waals surface area contributed by atoms with E-state index in [9.17, 15) is 4.79 Å². The number of nitrogens with one attached hydrogen (secondary N) is 2. The van der Waals surface area contributed by atoms with Gasteiger partial charge in [-0.1, -0.05) is 38.1 Å². The van der Waals surface area contributed by atoms with E-state index in [1.54, 1.807) is 19.4 Å². The molecular formula is C19H22BrN3O2. The maximum absolute atomic E-state index is 13.2. The third kappa shape index (κ3) is 3.28. The third-order valence-corrected chi connectivity index (χ3v) is 5.09. The second kappa shape index (κ2) is 7.14. The van der Waals surface area contributed by atoms with Crippen molar-refractivity contribution in [3.63, 3.8) is 0 Å². The topological polar surface area (TPSA) is 63.2 Å². The molecule has 0 spiro atoms. The van der Waals surface area contributed by atoms with Crippen molar-refractivity contribution in [3.05, 3.63) is 52.1 Å². The molecule has 0 radical (unpaired) electrons. The Labute approximate surface area is 156 Å². The molecule has 0 aliphatic carbocycles. The number of rotatable bonds is 5. The van der Waals surface area contributed by atoms with Gasteiger partial charge in [-0.3, -0.25) is 4.79 Å². The van der Waals surface area contributed by atoms with Gasteiger partial charge < -0.3 is 15.4 Å². The quantitative estimate of drug-likeness (QED) is 0.802. The summed E-state index contributed by atoms with van der Waals surface area (Å²) < 4.78 is 6.13. The molecule has 1 aromatic carbocycles. The third-order valence-electron chi connectivity index (χ3n) is 4.66. The Bertz CT molecular complexity index is 788. The highest BCUT2D eigenvalue weighted by Gasteiger charge is 2.47. The summed E-state index contributed by atoms with van der Waals surface area (Å²) >= 11 is 3.36. The van der Waals surface area contributed by atoms with Gasteiger partial charge in [-0.25, -0.2) is 4.98 Å². The first-order valence-electron chi connectivity index (χ1n) is 8.29. The van der Waals surface area contributed by atoms with Gasteiger partial charge in [0.25, 0.3) is 0 Å². The van der Waals surface area contributed by atoms with Crippen LogP contribution >= 0.6 is 15.9 Å². The molecule has 0 bridgehead atoms. The number of ether oxygens (including phenoxy) is 1. The summed E-state index contributed by atoms with van der Waals surface area (Å²) in [6.45, 7) is 5.52. The number of carbonyl (C=O) groups is 1. The van der Waals surface area contributed by atoms with E-state index in [1.807, 2.05) is 12.1 Å². The number of pyridine rings is 1. The van der Waals surface area contributed by atoms with E-state index < -0.39 is 5.41 Å². The fraction of sp³-hybridized carbons (Fsp3) is 0.368. The largest absolute Gasteiger partial charge is 0.493 e. The Morgan fingerprint density at radius 1 is 1.36 bits per heavy atom. The minimum atomic E-state index is -0.583. The number of halogens is 1. The Hall–Kier alpha value is -1.92. The van der Waals surface area contributed by atoms with Gasteiger partial charge >= 0.3 is 0 Å². The molecule has 2 heterocycles. The molecule has 1 amide bonds. The number of aromatic nitrogens is 1. The van der Waals surface area contributed by atoms with E-state index >= 15 is 0 Å². The van der Waals surface area contributed by atoms with Crippen molar-refractivity contribution in [1.29, 1.82) is 0 Å². The smallest absolute Gasteiger partial charge is 0.238 e. The van der Waals surface area contributed by atoms with E-state index in [0.29, 0.717) is 30.6 Å². The summed E-state index contributed by atoms with van der Waals surface area (Å²) in [6, 6.07) is 9.97. The van der Waals surface area contributed by atoms with Gasteiger partial charge in [0.1, 0.15) is 0 Å². The molecule has 3 rings (SSSR count). The molecule has 0 atom stereocenters. The van der Waals surface area contributed by atoms with Crippen molar-refractivity contribution in [1.82, 2.24) is 10.3 Å². The van der Waals surface area contributed by atoms with E-state index in [0.717, 1.165) is 10.0 Å². The normalized spacial score (nSPS) is 15.6. The summed E-state index contributed by atoms with van der Waals surface area (Å²) in [5.41, 5.74) is 1.70. The van der Waals surface area contributed by atoms with E-state index in [-0.39, 0.29) is 5.91 Å². The molecule has 1 aromatic heterocycles. The lowest BCUT2D eigenvalue weighted by atomic mass is 9.71. The molecule has 0 saturated carbocycles. The maximum Gasteiger partial charge on any atom is 0.238 e. The molecule has 2 aromatic rings. The highest BCUT2D eigenvalue weighted by Crippen LogP contribution is 2.36. The molecule has 1 fully saturated rings. The van der Waals surface area contributed by atoms with Crippen LogP contribution in [0.15, 0.2) is 41.0 Å². The highest BCUT2D eigenvalue weighted by atomic mass is 79.9. The number of amides is 1. The van der Waals surface area contributed by atoms with Crippen molar-refractivity contribution in [3.8, 4) is 5.75 Å². The van der Waals surface area contributed by atoms with Crippen LogP contribution in [0.1, 0.15) is 30.9 Å². The van der Waals surface area contributed by atoms with E-state index in [1.165, 1.54) is 5.56 Å². The first-order chi connectivity index (χ1) is 12.0. The predicted octanol–water partition coefficient (Wildman–Crippen LogP) is 3.46. The zero-order chi connectivity index (χ0) is 18.0. The van der Waals surface area contributed by atoms with Crippen molar-refractivity contribution in [2.45, 2.75) is 25.2 Å². The van der Waals surface area contributed by atoms with Crippen molar-refractivity contribution in [2.75, 3.05) is 25.5 Å². The van der Waals surface area contributed by atoms with Crippen LogP contribution in [-0.2, 0) is 10.2 Å². The first-order valence-corrected chi connectivity index (χ1v) is 9.08. The Kier molecular flexibility index (Phi) is 5.11. The van der Waals surface area contributed by atoms with Crippen LogP contribution in [0.25, 0.3) is 0 Å². The molecule has 1 saturated heterocycles. The fourth-order valence-corrected chi connectivity index (χ4v) is 3.49. The second-order valence-corrected chi connectivity index (χ2v) is 7.50. The fourth-order valence-electron chi connectivity index (χ4n) is 3.18. The lowest BCUT2D eigenvalue weighted by Gasteiger charge is -2.43. The molecular weight excluding hydrogens is 382 g/mol. The minimum absolute atomic E-state index is 0.0625. The molecule has 0 unspecified atom stereocenters. The number of hydrogen-bond acceptors (Lipinski definition) is 4. The molecule has 1 aliphatic rings. The van der Waals surface area contributed by atoms with Gasteiger partial charge in [0.2, 0.25) is 5.91 Å². The molecule has 1 aliphatic heterocycles. The molecule has 132 valence electrons. The highest BCUT2D eigenvalue weighted by molar-refractivity contribution is 9.10. The standard InChI is InChI=1S/C19H22BrN3O2/c1-12(2)14-6-4-5-7-15(14)19(10-21-11-19)18(24)23-17-16(25-3)8-13(20)9-22-17/h4-9,12,21H,10-11H2,1-3H3,(H,22,23,24). The number of nitrogens with zero attached hydrogens (tertiary/aromatic N) is 1. The number of benzene rings is 1. The average Bonchev–Trinajstić information content (AvgIpc) is 2.55. The van der Waals surface area contributed by atoms with Crippen LogP contribution < -0.4 is 15.4 Å². The van der Waals surface area contributed by atoms with Gasteiger partial charge in [0.05, 0.1) is 12.5 Å². The maximum atomic E-state index is 13.2. The van der Waals surface area contributed by atoms with Crippen LogP contribution in [0.5, 0.6) is 5.75 Å². The van der Waals surface area contributed by atoms with Crippen LogP contribution in [0.2, 0.25) is 0 Å². The van der Waals surface area contributed by atoms with Crippen LogP contribution in [0.3, 0.4) is 0 Å². The lowest BCUT2D eigenvalue weighted by molar-refractivity contribution is -0.123. The van der Waals surface area contributed by atoms with Crippen LogP contribution in [0.4, 0.5) is 5.82 Å². The second-order valence-electron chi connectivity index (χ2n) is 6.59. The van der Waals surface area contributed by atoms with E-state index in [4.69, 9.17) is 4.74 Å². The Balaban J connectivity index is 1.95.